The molecule has 1 atom stereocenters. The molecule has 2 amide bonds. The molecule has 230 valence electrons. The summed E-state index contributed by atoms with van der Waals surface area (Å²) in [6.45, 7) is 3.14. The van der Waals surface area contributed by atoms with Crippen LogP contribution in [0.2, 0.25) is 0 Å². The molecule has 0 spiro atoms. The highest BCUT2D eigenvalue weighted by Crippen LogP contribution is 2.27. The molecule has 0 aromatic heterocycles. The smallest absolute Gasteiger partial charge is 0.264 e. The third kappa shape index (κ3) is 8.06. The predicted molar refractivity (Wildman–Crippen MR) is 174 cm³/mol. The average Bonchev–Trinajstić information content (AvgIpc) is 3.03. The largest absolute Gasteiger partial charge is 0.355 e. The molecule has 4 rings (SSSR count). The molecule has 0 bridgehead atoms. The Kier molecular flexibility index (Phi) is 11.2. The lowest BCUT2D eigenvalue weighted by Gasteiger charge is -2.34. The van der Waals surface area contributed by atoms with Crippen LogP contribution in [0.3, 0.4) is 0 Å². The number of nitrogens with zero attached hydrogens (tertiary/aromatic N) is 2. The molecule has 0 fully saturated rings. The van der Waals surface area contributed by atoms with Gasteiger partial charge in [0.15, 0.2) is 0 Å². The van der Waals surface area contributed by atoms with Crippen LogP contribution in [-0.4, -0.2) is 50.5 Å². The molecule has 0 aliphatic rings. The fraction of sp³-hybridized carbons (Fsp3) is 0.235. The highest BCUT2D eigenvalue weighted by molar-refractivity contribution is 7.98. The van der Waals surface area contributed by atoms with Gasteiger partial charge in [-0.15, -0.1) is 11.8 Å². The van der Waals surface area contributed by atoms with Crippen molar-refractivity contribution in [1.29, 1.82) is 0 Å². The summed E-state index contributed by atoms with van der Waals surface area (Å²) in [4.78, 5) is 30.0. The molecule has 44 heavy (non-hydrogen) atoms. The van der Waals surface area contributed by atoms with Crippen molar-refractivity contribution in [1.82, 2.24) is 10.2 Å². The van der Waals surface area contributed by atoms with E-state index in [9.17, 15) is 22.4 Å². The van der Waals surface area contributed by atoms with Gasteiger partial charge in [0.2, 0.25) is 11.8 Å². The standard InChI is InChI=1S/C34H36FN3O4S2/c1-4-36-34(40)32(22-26-10-6-5-7-11-26)37(23-27-12-8-9-13-31(27)35)33(39)24-38(28-16-14-25(2)15-17-28)44(41,42)30-20-18-29(43-3)19-21-30/h5-21,32H,4,22-24H2,1-3H3,(H,36,40)/t32-/m0/s1. The summed E-state index contributed by atoms with van der Waals surface area (Å²) in [7, 11) is -4.21. The van der Waals surface area contributed by atoms with Gasteiger partial charge in [0.05, 0.1) is 10.6 Å². The Bertz CT molecular complexity index is 1670. The summed E-state index contributed by atoms with van der Waals surface area (Å²) in [5.74, 6) is -1.60. The Balaban J connectivity index is 1.80. The third-order valence-electron chi connectivity index (χ3n) is 7.17. The lowest BCUT2D eigenvalue weighted by molar-refractivity contribution is -0.140. The summed E-state index contributed by atoms with van der Waals surface area (Å²) in [6, 6.07) is 27.5. The molecular formula is C34H36FN3O4S2. The van der Waals surface area contributed by atoms with Crippen LogP contribution in [0.4, 0.5) is 10.1 Å². The molecular weight excluding hydrogens is 598 g/mol. The van der Waals surface area contributed by atoms with Gasteiger partial charge in [0, 0.05) is 30.0 Å². The highest BCUT2D eigenvalue weighted by Gasteiger charge is 2.34. The summed E-state index contributed by atoms with van der Waals surface area (Å²) in [5.41, 5.74) is 2.22. The predicted octanol–water partition coefficient (Wildman–Crippen LogP) is 5.83. The van der Waals surface area contributed by atoms with Crippen molar-refractivity contribution in [3.05, 3.63) is 126 Å². The molecule has 4 aromatic rings. The number of sulfonamides is 1. The van der Waals surface area contributed by atoms with Gasteiger partial charge in [0.1, 0.15) is 18.4 Å². The molecule has 0 aliphatic carbocycles. The number of carbonyl (C=O) groups excluding carboxylic acids is 2. The van der Waals surface area contributed by atoms with Crippen molar-refractivity contribution >= 4 is 39.3 Å². The maximum atomic E-state index is 14.9. The van der Waals surface area contributed by atoms with Crippen molar-refractivity contribution in [2.75, 3.05) is 23.7 Å². The maximum absolute atomic E-state index is 14.9. The van der Waals surface area contributed by atoms with Crippen molar-refractivity contribution in [2.45, 2.75) is 42.6 Å². The van der Waals surface area contributed by atoms with Gasteiger partial charge in [-0.25, -0.2) is 12.8 Å². The van der Waals surface area contributed by atoms with Crippen LogP contribution >= 0.6 is 11.8 Å². The minimum atomic E-state index is -4.21. The van der Waals surface area contributed by atoms with Gasteiger partial charge in [-0.3, -0.25) is 13.9 Å². The van der Waals surface area contributed by atoms with Crippen LogP contribution in [0.25, 0.3) is 0 Å². The maximum Gasteiger partial charge on any atom is 0.264 e. The number of rotatable bonds is 13. The minimum absolute atomic E-state index is 0.0221. The van der Waals surface area contributed by atoms with Crippen LogP contribution < -0.4 is 9.62 Å². The molecule has 10 heteroatoms. The molecule has 0 aliphatic heterocycles. The number of amides is 2. The monoisotopic (exact) mass is 633 g/mol. The van der Waals surface area contributed by atoms with E-state index in [1.54, 1.807) is 61.5 Å². The molecule has 0 unspecified atom stereocenters. The molecule has 0 saturated heterocycles. The van der Waals surface area contributed by atoms with Gasteiger partial charge < -0.3 is 10.2 Å². The number of thioether (sulfide) groups is 1. The third-order valence-corrected chi connectivity index (χ3v) is 9.70. The van der Waals surface area contributed by atoms with E-state index in [2.05, 4.69) is 5.32 Å². The molecule has 4 aromatic carbocycles. The number of benzene rings is 4. The van der Waals surface area contributed by atoms with Gasteiger partial charge in [0.25, 0.3) is 10.0 Å². The van der Waals surface area contributed by atoms with Crippen molar-refractivity contribution in [3.63, 3.8) is 0 Å². The molecule has 0 radical (unpaired) electrons. The van der Waals surface area contributed by atoms with E-state index in [1.807, 2.05) is 43.5 Å². The van der Waals surface area contributed by atoms with E-state index >= 15 is 0 Å². The lowest BCUT2D eigenvalue weighted by Crippen LogP contribution is -2.53. The Morgan fingerprint density at radius 3 is 2.14 bits per heavy atom. The average molecular weight is 634 g/mol. The van der Waals surface area contributed by atoms with E-state index in [0.29, 0.717) is 12.2 Å². The van der Waals surface area contributed by atoms with Gasteiger partial charge in [-0.1, -0.05) is 66.2 Å². The number of halogens is 1. The second kappa shape index (κ2) is 15.0. The van der Waals surface area contributed by atoms with E-state index in [-0.39, 0.29) is 23.4 Å². The first-order valence-electron chi connectivity index (χ1n) is 14.2. The number of nitrogens with one attached hydrogen (secondary N) is 1. The van der Waals surface area contributed by atoms with Gasteiger partial charge in [-0.05, 0) is 68.1 Å². The van der Waals surface area contributed by atoms with Gasteiger partial charge >= 0.3 is 0 Å². The van der Waals surface area contributed by atoms with Crippen LogP contribution in [-0.2, 0) is 32.6 Å². The Labute approximate surface area is 263 Å². The number of likely N-dealkylation sites (N-methyl/N-ethyl adjacent to an activating group) is 1. The van der Waals surface area contributed by atoms with Gasteiger partial charge in [-0.2, -0.15) is 0 Å². The second-order valence-electron chi connectivity index (χ2n) is 10.2. The molecule has 1 N–H and O–H groups in total. The first-order valence-corrected chi connectivity index (χ1v) is 16.9. The van der Waals surface area contributed by atoms with Crippen LogP contribution in [0.5, 0.6) is 0 Å². The van der Waals surface area contributed by atoms with E-state index in [0.717, 1.165) is 20.3 Å². The van der Waals surface area contributed by atoms with E-state index in [1.165, 1.54) is 34.9 Å². The van der Waals surface area contributed by atoms with Crippen molar-refractivity contribution in [2.24, 2.45) is 0 Å². The topological polar surface area (TPSA) is 86.8 Å². The zero-order chi connectivity index (χ0) is 31.7. The lowest BCUT2D eigenvalue weighted by atomic mass is 10.0. The van der Waals surface area contributed by atoms with Crippen molar-refractivity contribution in [3.8, 4) is 0 Å². The zero-order valence-corrected chi connectivity index (χ0v) is 26.6. The van der Waals surface area contributed by atoms with Crippen molar-refractivity contribution < 1.29 is 22.4 Å². The number of carbonyl (C=O) groups is 2. The first-order chi connectivity index (χ1) is 21.1. The molecule has 0 heterocycles. The summed E-state index contributed by atoms with van der Waals surface area (Å²) in [6.07, 6.45) is 2.05. The second-order valence-corrected chi connectivity index (χ2v) is 13.0. The number of anilines is 1. The number of hydrogen-bond donors (Lipinski definition) is 1. The summed E-state index contributed by atoms with van der Waals surface area (Å²) < 4.78 is 44.2. The quantitative estimate of drug-likeness (QED) is 0.187. The zero-order valence-electron chi connectivity index (χ0n) is 24.9. The van der Waals surface area contributed by atoms with Crippen LogP contribution in [0.15, 0.2) is 113 Å². The Morgan fingerprint density at radius 2 is 1.52 bits per heavy atom. The summed E-state index contributed by atoms with van der Waals surface area (Å²) >= 11 is 1.48. The molecule has 0 saturated carbocycles. The SMILES string of the molecule is CCNC(=O)[C@H](Cc1ccccc1)N(Cc1ccccc1F)C(=O)CN(c1ccc(C)cc1)S(=O)(=O)c1ccc(SC)cc1. The first kappa shape index (κ1) is 32.8. The van der Waals surface area contributed by atoms with Crippen LogP contribution in [0.1, 0.15) is 23.6 Å². The van der Waals surface area contributed by atoms with Crippen LogP contribution in [0, 0.1) is 12.7 Å². The normalized spacial score (nSPS) is 11.9. The van der Waals surface area contributed by atoms with E-state index < -0.39 is 40.2 Å². The minimum Gasteiger partial charge on any atom is -0.355 e. The Morgan fingerprint density at radius 1 is 0.886 bits per heavy atom. The fourth-order valence-corrected chi connectivity index (χ4v) is 6.59. The summed E-state index contributed by atoms with van der Waals surface area (Å²) in [5, 5.41) is 2.80. The fourth-order valence-electron chi connectivity index (χ4n) is 4.77. The highest BCUT2D eigenvalue weighted by atomic mass is 32.2. The molecule has 7 nitrogen and oxygen atoms in total. The number of hydrogen-bond acceptors (Lipinski definition) is 5. The number of aryl methyl sites for hydroxylation is 1. The Hall–Kier alpha value is -4.15. The van der Waals surface area contributed by atoms with E-state index in [4.69, 9.17) is 0 Å².